The first-order valence-corrected chi connectivity index (χ1v) is 14.6. The summed E-state index contributed by atoms with van der Waals surface area (Å²) < 4.78 is 11.7. The van der Waals surface area contributed by atoms with Crippen LogP contribution in [0.15, 0.2) is 42.7 Å². The van der Waals surface area contributed by atoms with Crippen molar-refractivity contribution < 1.29 is 14.3 Å². The molecule has 208 valence electrons. The normalized spacial score (nSPS) is 15.6. The number of thiophene rings is 1. The Bertz CT molecular complexity index is 1460. The highest BCUT2D eigenvalue weighted by atomic mass is 32.1. The standard InChI is InChI=1S/C29H33N7O3S/c1-3-39-28(37)21-17-30-29(31-18-21)34(2)19-23-16-24-25(40-23)27(36-12-14-38-15-13-36)33-26(32-24)20-6-8-22(9-7-20)35-10-4-5-11-35/h6-9,16-18H,3-5,10-15,19H2,1-2H3. The fourth-order valence-corrected chi connectivity index (χ4v) is 6.27. The van der Waals surface area contributed by atoms with Gasteiger partial charge in [0.05, 0.1) is 42.1 Å². The van der Waals surface area contributed by atoms with Gasteiger partial charge in [0, 0.05) is 61.7 Å². The summed E-state index contributed by atoms with van der Waals surface area (Å²) in [6.45, 7) is 7.90. The lowest BCUT2D eigenvalue weighted by Gasteiger charge is -2.28. The van der Waals surface area contributed by atoms with Crippen molar-refractivity contribution in [1.82, 2.24) is 19.9 Å². The van der Waals surface area contributed by atoms with Gasteiger partial charge in [-0.15, -0.1) is 11.3 Å². The van der Waals surface area contributed by atoms with E-state index in [1.165, 1.54) is 30.9 Å². The Balaban J connectivity index is 1.28. The van der Waals surface area contributed by atoms with Crippen LogP contribution < -0.4 is 14.7 Å². The Morgan fingerprint density at radius 3 is 2.45 bits per heavy atom. The highest BCUT2D eigenvalue weighted by molar-refractivity contribution is 7.19. The van der Waals surface area contributed by atoms with E-state index in [0.29, 0.717) is 37.9 Å². The second-order valence-corrected chi connectivity index (χ2v) is 11.1. The summed E-state index contributed by atoms with van der Waals surface area (Å²) in [5, 5.41) is 0. The lowest BCUT2D eigenvalue weighted by atomic mass is 10.1. The highest BCUT2D eigenvalue weighted by Gasteiger charge is 2.21. The summed E-state index contributed by atoms with van der Waals surface area (Å²) >= 11 is 1.69. The van der Waals surface area contributed by atoms with E-state index in [2.05, 4.69) is 50.1 Å². The maximum Gasteiger partial charge on any atom is 0.341 e. The van der Waals surface area contributed by atoms with Crippen LogP contribution in [0.4, 0.5) is 17.5 Å². The van der Waals surface area contributed by atoms with E-state index in [9.17, 15) is 4.79 Å². The van der Waals surface area contributed by atoms with Gasteiger partial charge in [0.25, 0.3) is 0 Å². The van der Waals surface area contributed by atoms with Crippen molar-refractivity contribution in [3.05, 3.63) is 53.2 Å². The van der Waals surface area contributed by atoms with E-state index < -0.39 is 5.97 Å². The van der Waals surface area contributed by atoms with Gasteiger partial charge in [0.2, 0.25) is 5.95 Å². The Hall–Kier alpha value is -3.83. The summed E-state index contributed by atoms with van der Waals surface area (Å²) in [7, 11) is 1.94. The minimum absolute atomic E-state index is 0.313. The van der Waals surface area contributed by atoms with Crippen LogP contribution in [0.3, 0.4) is 0 Å². The van der Waals surface area contributed by atoms with E-state index >= 15 is 0 Å². The Labute approximate surface area is 237 Å². The van der Waals surface area contributed by atoms with Crippen molar-refractivity contribution in [2.45, 2.75) is 26.3 Å². The van der Waals surface area contributed by atoms with Gasteiger partial charge < -0.3 is 24.2 Å². The lowest BCUT2D eigenvalue weighted by molar-refractivity contribution is 0.0525. The second-order valence-electron chi connectivity index (χ2n) is 9.99. The lowest BCUT2D eigenvalue weighted by Crippen LogP contribution is -2.36. The van der Waals surface area contributed by atoms with Crippen LogP contribution >= 0.6 is 11.3 Å². The summed E-state index contributed by atoms with van der Waals surface area (Å²) in [5.41, 5.74) is 3.54. The molecule has 6 rings (SSSR count). The molecule has 11 heteroatoms. The zero-order valence-corrected chi connectivity index (χ0v) is 23.7. The maximum absolute atomic E-state index is 11.9. The van der Waals surface area contributed by atoms with E-state index in [4.69, 9.17) is 19.4 Å². The van der Waals surface area contributed by atoms with Gasteiger partial charge in [-0.05, 0) is 50.1 Å². The fourth-order valence-electron chi connectivity index (χ4n) is 5.10. The van der Waals surface area contributed by atoms with Crippen LogP contribution in [-0.2, 0) is 16.0 Å². The van der Waals surface area contributed by atoms with Crippen LogP contribution in [0.5, 0.6) is 0 Å². The predicted octanol–water partition coefficient (Wildman–Crippen LogP) is 4.40. The van der Waals surface area contributed by atoms with Gasteiger partial charge in [0.1, 0.15) is 0 Å². The van der Waals surface area contributed by atoms with Gasteiger partial charge in [0.15, 0.2) is 11.6 Å². The number of carbonyl (C=O) groups is 1. The van der Waals surface area contributed by atoms with Crippen molar-refractivity contribution in [2.24, 2.45) is 0 Å². The van der Waals surface area contributed by atoms with Crippen molar-refractivity contribution in [1.29, 1.82) is 0 Å². The largest absolute Gasteiger partial charge is 0.462 e. The Kier molecular flexibility index (Phi) is 7.74. The molecule has 0 unspecified atom stereocenters. The number of hydrogen-bond donors (Lipinski definition) is 0. The molecule has 3 aromatic heterocycles. The average molecular weight is 560 g/mol. The average Bonchev–Trinajstić information content (AvgIpc) is 3.68. The topological polar surface area (TPSA) is 96.8 Å². The minimum Gasteiger partial charge on any atom is -0.462 e. The first-order valence-electron chi connectivity index (χ1n) is 13.8. The molecule has 0 aliphatic carbocycles. The van der Waals surface area contributed by atoms with Gasteiger partial charge in [-0.25, -0.2) is 24.7 Å². The number of benzene rings is 1. The molecule has 0 N–H and O–H groups in total. The number of fused-ring (bicyclic) bond motifs is 1. The molecule has 1 aromatic carbocycles. The predicted molar refractivity (Wildman–Crippen MR) is 157 cm³/mol. The molecule has 10 nitrogen and oxygen atoms in total. The van der Waals surface area contributed by atoms with E-state index in [1.807, 2.05) is 11.9 Å². The number of esters is 1. The number of anilines is 3. The van der Waals surface area contributed by atoms with Crippen LogP contribution in [0.2, 0.25) is 0 Å². The van der Waals surface area contributed by atoms with Gasteiger partial charge in [-0.1, -0.05) is 0 Å². The van der Waals surface area contributed by atoms with E-state index in [-0.39, 0.29) is 0 Å². The first kappa shape index (κ1) is 26.4. The molecule has 5 heterocycles. The third kappa shape index (κ3) is 5.57. The molecule has 2 aliphatic heterocycles. The molecule has 0 atom stereocenters. The van der Waals surface area contributed by atoms with Crippen LogP contribution in [0.25, 0.3) is 21.6 Å². The molecule has 4 aromatic rings. The number of morpholine rings is 1. The van der Waals surface area contributed by atoms with Crippen LogP contribution in [0, 0.1) is 0 Å². The molecule has 0 bridgehead atoms. The summed E-state index contributed by atoms with van der Waals surface area (Å²) in [4.78, 5) is 38.6. The molecule has 2 fully saturated rings. The zero-order chi connectivity index (χ0) is 27.5. The van der Waals surface area contributed by atoms with Gasteiger partial charge in [-0.3, -0.25) is 0 Å². The highest BCUT2D eigenvalue weighted by Crippen LogP contribution is 2.35. The smallest absolute Gasteiger partial charge is 0.341 e. The molecular weight excluding hydrogens is 526 g/mol. The minimum atomic E-state index is -0.420. The SMILES string of the molecule is CCOC(=O)c1cnc(N(C)Cc2cc3nc(-c4ccc(N5CCCC5)cc4)nc(N4CCOCC4)c3s2)nc1. The quantitative estimate of drug-likeness (QED) is 0.289. The number of carbonyl (C=O) groups excluding carboxylic acids is 1. The van der Waals surface area contributed by atoms with Crippen molar-refractivity contribution in [3.63, 3.8) is 0 Å². The zero-order valence-electron chi connectivity index (χ0n) is 22.9. The van der Waals surface area contributed by atoms with E-state index in [0.717, 1.165) is 58.5 Å². The third-order valence-electron chi connectivity index (χ3n) is 7.20. The molecule has 0 amide bonds. The Morgan fingerprint density at radius 1 is 1.02 bits per heavy atom. The second kappa shape index (κ2) is 11.7. The van der Waals surface area contributed by atoms with Crippen LogP contribution in [-0.4, -0.2) is 79.0 Å². The number of nitrogens with zero attached hydrogens (tertiary/aromatic N) is 7. The molecule has 2 aliphatic rings. The first-order chi connectivity index (χ1) is 19.6. The molecule has 0 spiro atoms. The molecule has 40 heavy (non-hydrogen) atoms. The maximum atomic E-state index is 11.9. The van der Waals surface area contributed by atoms with Crippen molar-refractivity contribution >= 4 is 45.0 Å². The fraction of sp³-hybridized carbons (Fsp3) is 0.414. The van der Waals surface area contributed by atoms with Gasteiger partial charge >= 0.3 is 5.97 Å². The van der Waals surface area contributed by atoms with Gasteiger partial charge in [-0.2, -0.15) is 0 Å². The summed E-state index contributed by atoms with van der Waals surface area (Å²) in [6, 6.07) is 10.8. The Morgan fingerprint density at radius 2 is 1.75 bits per heavy atom. The summed E-state index contributed by atoms with van der Waals surface area (Å²) in [5.74, 6) is 1.80. The number of ether oxygens (including phenoxy) is 2. The molecular formula is C29H33N7O3S. The number of hydrogen-bond acceptors (Lipinski definition) is 11. The number of aromatic nitrogens is 4. The van der Waals surface area contributed by atoms with E-state index in [1.54, 1.807) is 18.3 Å². The molecule has 0 saturated carbocycles. The molecule has 0 radical (unpaired) electrons. The van der Waals surface area contributed by atoms with Crippen molar-refractivity contribution in [3.8, 4) is 11.4 Å². The summed E-state index contributed by atoms with van der Waals surface area (Å²) in [6.07, 6.45) is 5.52. The van der Waals surface area contributed by atoms with Crippen molar-refractivity contribution in [2.75, 3.05) is 67.7 Å². The monoisotopic (exact) mass is 559 g/mol. The molecule has 2 saturated heterocycles. The van der Waals surface area contributed by atoms with Crippen LogP contribution in [0.1, 0.15) is 35.0 Å². The third-order valence-corrected chi connectivity index (χ3v) is 8.30. The number of rotatable bonds is 8.